The maximum absolute atomic E-state index is 8.63. The molecule has 1 radical (unpaired) electrons. The Morgan fingerprint density at radius 2 is 1.82 bits per heavy atom. The second-order valence-electron chi connectivity index (χ2n) is 4.82. The Labute approximate surface area is 130 Å². The minimum atomic E-state index is 0.368. The Morgan fingerprint density at radius 1 is 1.09 bits per heavy atom. The van der Waals surface area contributed by atoms with Gasteiger partial charge in [0, 0.05) is 16.8 Å². The summed E-state index contributed by atoms with van der Waals surface area (Å²) in [4.78, 5) is 0. The number of aromatic nitrogens is 1. The first kappa shape index (κ1) is 14.2. The van der Waals surface area contributed by atoms with E-state index < -0.39 is 0 Å². The van der Waals surface area contributed by atoms with E-state index in [1.807, 2.05) is 36.4 Å². The van der Waals surface area contributed by atoms with Gasteiger partial charge in [0.05, 0.1) is 11.3 Å². The predicted molar refractivity (Wildman–Crippen MR) is 90.5 cm³/mol. The second-order valence-corrected chi connectivity index (χ2v) is 4.82. The van der Waals surface area contributed by atoms with Crippen LogP contribution in [0.1, 0.15) is 5.69 Å². The van der Waals surface area contributed by atoms with Crippen molar-refractivity contribution in [3.8, 4) is 5.69 Å². The first-order valence-electron chi connectivity index (χ1n) is 6.95. The molecule has 3 nitrogen and oxygen atoms in total. The predicted octanol–water partition coefficient (Wildman–Crippen LogP) is 3.70. The zero-order chi connectivity index (χ0) is 15.4. The largest absolute Gasteiger partial charge is 0.569 e. The van der Waals surface area contributed by atoms with Gasteiger partial charge in [0.25, 0.3) is 0 Å². The van der Waals surface area contributed by atoms with Crippen LogP contribution in [0.15, 0.2) is 79.1 Å². The normalized spacial score (nSPS) is 11.0. The van der Waals surface area contributed by atoms with Crippen molar-refractivity contribution >= 4 is 24.7 Å². The summed E-state index contributed by atoms with van der Waals surface area (Å²) in [6.45, 7) is 3.71. The molecular formula is C18H15BNO2. The average molecular weight is 288 g/mol. The van der Waals surface area contributed by atoms with E-state index in [1.165, 1.54) is 0 Å². The first-order valence-corrected chi connectivity index (χ1v) is 6.95. The summed E-state index contributed by atoms with van der Waals surface area (Å²) in [7, 11) is 0.624. The molecule has 0 saturated heterocycles. The van der Waals surface area contributed by atoms with Crippen molar-refractivity contribution in [1.29, 1.82) is 0 Å². The van der Waals surface area contributed by atoms with Gasteiger partial charge in [0.15, 0.2) is 0 Å². The molecule has 3 aromatic rings. The molecule has 1 aromatic heterocycles. The van der Waals surface area contributed by atoms with E-state index in [2.05, 4.69) is 41.5 Å². The molecule has 0 unspecified atom stereocenters. The molecule has 107 valence electrons. The van der Waals surface area contributed by atoms with Gasteiger partial charge in [-0.1, -0.05) is 43.0 Å². The highest BCUT2D eigenvalue weighted by Gasteiger charge is 2.08. The van der Waals surface area contributed by atoms with Crippen LogP contribution in [0.5, 0.6) is 0 Å². The van der Waals surface area contributed by atoms with Crippen LogP contribution in [0.25, 0.3) is 22.7 Å². The number of hydrogen-bond donors (Lipinski definition) is 1. The van der Waals surface area contributed by atoms with Crippen LogP contribution in [0.4, 0.5) is 0 Å². The van der Waals surface area contributed by atoms with Gasteiger partial charge < -0.3 is 14.2 Å². The van der Waals surface area contributed by atoms with Crippen LogP contribution in [-0.2, 0) is 4.65 Å². The topological polar surface area (TPSA) is 34.4 Å². The van der Waals surface area contributed by atoms with E-state index in [9.17, 15) is 0 Å². The molecule has 0 amide bonds. The molecule has 0 bridgehead atoms. The van der Waals surface area contributed by atoms with Gasteiger partial charge >= 0.3 is 7.69 Å². The maximum Gasteiger partial charge on any atom is 0.569 e. The smallest absolute Gasteiger partial charge is 0.538 e. The number of nitrogens with zero attached hydrogens (tertiary/aromatic N) is 1. The first-order chi connectivity index (χ1) is 10.8. The molecule has 22 heavy (non-hydrogen) atoms. The highest BCUT2D eigenvalue weighted by atomic mass is 16.5. The van der Waals surface area contributed by atoms with Crippen molar-refractivity contribution < 1.29 is 9.68 Å². The third-order valence-electron chi connectivity index (χ3n) is 3.40. The molecular weight excluding hydrogens is 273 g/mol. The van der Waals surface area contributed by atoms with Crippen LogP contribution >= 0.6 is 0 Å². The molecule has 0 fully saturated rings. The van der Waals surface area contributed by atoms with Gasteiger partial charge in [-0.3, -0.25) is 0 Å². The van der Waals surface area contributed by atoms with Crippen LogP contribution in [0.2, 0.25) is 0 Å². The molecule has 0 aliphatic rings. The Hall–Kier alpha value is -2.72. The molecule has 2 aromatic carbocycles. The minimum absolute atomic E-state index is 0.368. The van der Waals surface area contributed by atoms with Crippen molar-refractivity contribution in [3.63, 3.8) is 0 Å². The summed E-state index contributed by atoms with van der Waals surface area (Å²) in [5, 5.41) is 9.79. The van der Waals surface area contributed by atoms with Crippen molar-refractivity contribution in [3.05, 3.63) is 84.8 Å². The molecule has 1 heterocycles. The number of benzene rings is 2. The fraction of sp³-hybridized carbons (Fsp3) is 0. The number of para-hydroxylation sites is 2. The van der Waals surface area contributed by atoms with E-state index in [1.54, 1.807) is 6.08 Å². The van der Waals surface area contributed by atoms with Crippen LogP contribution in [0, 0.1) is 0 Å². The second kappa shape index (κ2) is 6.37. The van der Waals surface area contributed by atoms with Gasteiger partial charge in [-0.15, -0.1) is 0 Å². The van der Waals surface area contributed by atoms with Gasteiger partial charge in [-0.05, 0) is 36.4 Å². The maximum atomic E-state index is 8.63. The number of allylic oxidation sites excluding steroid dienone is 1. The molecule has 0 spiro atoms. The Balaban J connectivity index is 2.11. The lowest BCUT2D eigenvalue weighted by atomic mass is 10.2. The van der Waals surface area contributed by atoms with Crippen LogP contribution < -0.4 is 0 Å². The highest BCUT2D eigenvalue weighted by molar-refractivity contribution is 6.16. The molecule has 0 saturated carbocycles. The summed E-state index contributed by atoms with van der Waals surface area (Å²) < 4.78 is 6.99. The Morgan fingerprint density at radius 3 is 2.59 bits per heavy atom. The van der Waals surface area contributed by atoms with E-state index in [0.29, 0.717) is 13.4 Å². The molecule has 3 rings (SSSR count). The lowest BCUT2D eigenvalue weighted by Crippen LogP contribution is -1.96. The standard InChI is InChI=1S/C18H15BNO2/c1-14(22-19-21)11-12-17-13-15-7-5-6-10-18(15)20(17)16-8-3-2-4-9-16/h2-13,21H,1H2/b12-11-. The van der Waals surface area contributed by atoms with Crippen molar-refractivity contribution in [2.45, 2.75) is 0 Å². The Kier molecular flexibility index (Phi) is 4.12. The zero-order valence-corrected chi connectivity index (χ0v) is 12.0. The fourth-order valence-corrected chi connectivity index (χ4v) is 2.45. The summed E-state index contributed by atoms with van der Waals surface area (Å²) in [6, 6.07) is 20.5. The Bertz CT molecular complexity index is 821. The summed E-state index contributed by atoms with van der Waals surface area (Å²) in [6.07, 6.45) is 3.64. The van der Waals surface area contributed by atoms with Crippen LogP contribution in [-0.4, -0.2) is 17.3 Å². The van der Waals surface area contributed by atoms with E-state index in [4.69, 9.17) is 9.68 Å². The molecule has 1 N–H and O–H groups in total. The summed E-state index contributed by atoms with van der Waals surface area (Å²) in [5.74, 6) is 0.368. The van der Waals surface area contributed by atoms with Crippen molar-refractivity contribution in [1.82, 2.24) is 4.57 Å². The van der Waals surface area contributed by atoms with E-state index >= 15 is 0 Å². The SMILES string of the molecule is C=C(/C=C\c1cc2ccccc2n1-c1ccccc1)O[B]O. The molecule has 4 heteroatoms. The van der Waals surface area contributed by atoms with E-state index in [-0.39, 0.29) is 0 Å². The average Bonchev–Trinajstić information content (AvgIpc) is 2.92. The van der Waals surface area contributed by atoms with Crippen molar-refractivity contribution in [2.75, 3.05) is 0 Å². The zero-order valence-electron chi connectivity index (χ0n) is 12.0. The number of rotatable bonds is 5. The third kappa shape index (κ3) is 2.82. The summed E-state index contributed by atoms with van der Waals surface area (Å²) >= 11 is 0. The highest BCUT2D eigenvalue weighted by Crippen LogP contribution is 2.25. The number of hydrogen-bond acceptors (Lipinski definition) is 2. The van der Waals surface area contributed by atoms with Gasteiger partial charge in [0.1, 0.15) is 0 Å². The van der Waals surface area contributed by atoms with Gasteiger partial charge in [0.2, 0.25) is 0 Å². The molecule has 0 aliphatic carbocycles. The third-order valence-corrected chi connectivity index (χ3v) is 3.40. The minimum Gasteiger partial charge on any atom is -0.538 e. The van der Waals surface area contributed by atoms with E-state index in [0.717, 1.165) is 22.3 Å². The monoisotopic (exact) mass is 288 g/mol. The summed E-state index contributed by atoms with van der Waals surface area (Å²) in [5.41, 5.74) is 3.23. The quantitative estimate of drug-likeness (QED) is 0.441. The van der Waals surface area contributed by atoms with Gasteiger partial charge in [-0.25, -0.2) is 0 Å². The van der Waals surface area contributed by atoms with Crippen molar-refractivity contribution in [2.24, 2.45) is 0 Å². The van der Waals surface area contributed by atoms with Crippen LogP contribution in [0.3, 0.4) is 0 Å². The molecule has 0 aliphatic heterocycles. The van der Waals surface area contributed by atoms with Gasteiger partial charge in [-0.2, -0.15) is 0 Å². The molecule has 0 atom stereocenters. The number of fused-ring (bicyclic) bond motifs is 1. The fourth-order valence-electron chi connectivity index (χ4n) is 2.45. The lowest BCUT2D eigenvalue weighted by Gasteiger charge is -2.08. The lowest BCUT2D eigenvalue weighted by molar-refractivity contribution is 0.384.